The van der Waals surface area contributed by atoms with Gasteiger partial charge in [-0.1, -0.05) is 38.0 Å². The molecule has 1 heterocycles. The molecule has 1 aromatic heterocycles. The second kappa shape index (κ2) is 6.85. The molecule has 0 bridgehead atoms. The second-order valence-electron chi connectivity index (χ2n) is 4.99. The summed E-state index contributed by atoms with van der Waals surface area (Å²) in [5, 5.41) is 9.87. The van der Waals surface area contributed by atoms with Crippen molar-refractivity contribution in [2.24, 2.45) is 0 Å². The molecule has 22 heavy (non-hydrogen) atoms. The fraction of sp³-hybridized carbons (Fsp3) is 0.333. The topological polar surface area (TPSA) is 96.4 Å². The van der Waals surface area contributed by atoms with Crippen LogP contribution in [0, 0.1) is 0 Å². The fourth-order valence-electron chi connectivity index (χ4n) is 2.18. The van der Waals surface area contributed by atoms with Gasteiger partial charge in [0.1, 0.15) is 10.9 Å². The van der Waals surface area contributed by atoms with E-state index in [2.05, 4.69) is 9.71 Å². The molecule has 1 unspecified atom stereocenters. The summed E-state index contributed by atoms with van der Waals surface area (Å²) in [6, 6.07) is 7.13. The third-order valence-electron chi connectivity index (χ3n) is 3.33. The van der Waals surface area contributed by atoms with Crippen LogP contribution < -0.4 is 4.72 Å². The number of hydrogen-bond donors (Lipinski definition) is 2. The van der Waals surface area contributed by atoms with Crippen LogP contribution in [0.5, 0.6) is 0 Å². The maximum atomic E-state index is 12.5. The van der Waals surface area contributed by atoms with Gasteiger partial charge in [-0.25, -0.2) is 8.42 Å². The fourth-order valence-corrected chi connectivity index (χ4v) is 3.59. The Morgan fingerprint density at radius 1 is 1.32 bits per heavy atom. The first kappa shape index (κ1) is 16.4. The number of carbonyl (C=O) groups is 1. The van der Waals surface area contributed by atoms with Crippen molar-refractivity contribution in [1.29, 1.82) is 0 Å². The molecule has 6 nitrogen and oxygen atoms in total. The molecular formula is C15H18N2O4S. The Balaban J connectivity index is 2.38. The SMILES string of the molecule is CCCCC(NS(=O)(=O)c1cccc2cccnc12)C(=O)O. The number of carboxylic acids is 1. The number of carboxylic acid groups (broad SMARTS) is 1. The minimum atomic E-state index is -3.95. The molecule has 0 fully saturated rings. The maximum Gasteiger partial charge on any atom is 0.321 e. The Labute approximate surface area is 129 Å². The number of unbranched alkanes of at least 4 members (excludes halogenated alkanes) is 1. The number of fused-ring (bicyclic) bond motifs is 1. The van der Waals surface area contributed by atoms with Gasteiger partial charge in [-0.15, -0.1) is 0 Å². The van der Waals surface area contributed by atoms with Crippen LogP contribution in [0.15, 0.2) is 41.4 Å². The molecule has 0 aliphatic carbocycles. The Morgan fingerprint density at radius 3 is 2.73 bits per heavy atom. The predicted molar refractivity (Wildman–Crippen MR) is 83.0 cm³/mol. The molecule has 7 heteroatoms. The van der Waals surface area contributed by atoms with Crippen LogP contribution in [0.25, 0.3) is 10.9 Å². The normalized spacial score (nSPS) is 13.1. The largest absolute Gasteiger partial charge is 0.480 e. The van der Waals surface area contributed by atoms with Crippen LogP contribution in [-0.2, 0) is 14.8 Å². The van der Waals surface area contributed by atoms with E-state index >= 15 is 0 Å². The highest BCUT2D eigenvalue weighted by molar-refractivity contribution is 7.89. The summed E-state index contributed by atoms with van der Waals surface area (Å²) < 4.78 is 27.3. The number of para-hydroxylation sites is 1. The van der Waals surface area contributed by atoms with E-state index in [-0.39, 0.29) is 11.3 Å². The van der Waals surface area contributed by atoms with Gasteiger partial charge < -0.3 is 5.11 Å². The quantitative estimate of drug-likeness (QED) is 0.814. The smallest absolute Gasteiger partial charge is 0.321 e. The first-order chi connectivity index (χ1) is 10.5. The summed E-state index contributed by atoms with van der Waals surface area (Å²) in [6.45, 7) is 1.92. The lowest BCUT2D eigenvalue weighted by atomic mass is 10.1. The van der Waals surface area contributed by atoms with Crippen molar-refractivity contribution in [1.82, 2.24) is 9.71 Å². The van der Waals surface area contributed by atoms with Crippen LogP contribution in [0.2, 0.25) is 0 Å². The van der Waals surface area contributed by atoms with Gasteiger partial charge >= 0.3 is 5.97 Å². The van der Waals surface area contributed by atoms with Crippen molar-refractivity contribution in [3.05, 3.63) is 36.5 Å². The summed E-state index contributed by atoms with van der Waals surface area (Å²) in [7, 11) is -3.95. The monoisotopic (exact) mass is 322 g/mol. The van der Waals surface area contributed by atoms with E-state index in [0.717, 1.165) is 6.42 Å². The molecule has 2 aromatic rings. The van der Waals surface area contributed by atoms with Gasteiger partial charge in [0.15, 0.2) is 0 Å². The highest BCUT2D eigenvalue weighted by Gasteiger charge is 2.26. The summed E-state index contributed by atoms with van der Waals surface area (Å²) >= 11 is 0. The highest BCUT2D eigenvalue weighted by atomic mass is 32.2. The van der Waals surface area contributed by atoms with E-state index in [1.807, 2.05) is 6.92 Å². The molecule has 0 spiro atoms. The number of aliphatic carboxylic acids is 1. The second-order valence-corrected chi connectivity index (χ2v) is 6.67. The lowest BCUT2D eigenvalue weighted by molar-refractivity contribution is -0.139. The molecule has 2 N–H and O–H groups in total. The van der Waals surface area contributed by atoms with Crippen molar-refractivity contribution >= 4 is 26.9 Å². The number of nitrogens with zero attached hydrogens (tertiary/aromatic N) is 1. The maximum absolute atomic E-state index is 12.5. The number of rotatable bonds is 7. The summed E-state index contributed by atoms with van der Waals surface area (Å²) in [5.74, 6) is -1.18. The van der Waals surface area contributed by atoms with Gasteiger partial charge in [-0.05, 0) is 18.6 Å². The van der Waals surface area contributed by atoms with Gasteiger partial charge in [0.25, 0.3) is 0 Å². The molecule has 1 atom stereocenters. The molecule has 0 radical (unpaired) electrons. The minimum Gasteiger partial charge on any atom is -0.480 e. The molecule has 2 rings (SSSR count). The highest BCUT2D eigenvalue weighted by Crippen LogP contribution is 2.21. The van der Waals surface area contributed by atoms with Crippen molar-refractivity contribution < 1.29 is 18.3 Å². The van der Waals surface area contributed by atoms with Crippen molar-refractivity contribution in [2.45, 2.75) is 37.1 Å². The van der Waals surface area contributed by atoms with Crippen molar-refractivity contribution in [3.63, 3.8) is 0 Å². The van der Waals surface area contributed by atoms with Gasteiger partial charge in [-0.2, -0.15) is 4.72 Å². The van der Waals surface area contributed by atoms with Gasteiger partial charge in [0.05, 0.1) is 5.52 Å². The molecule has 0 amide bonds. The van der Waals surface area contributed by atoms with Gasteiger partial charge in [0, 0.05) is 11.6 Å². The lowest BCUT2D eigenvalue weighted by Gasteiger charge is -2.15. The van der Waals surface area contributed by atoms with E-state index in [9.17, 15) is 18.3 Å². The van der Waals surface area contributed by atoms with E-state index in [1.54, 1.807) is 24.3 Å². The van der Waals surface area contributed by atoms with Crippen molar-refractivity contribution in [3.8, 4) is 0 Å². The van der Waals surface area contributed by atoms with Crippen LogP contribution in [0.1, 0.15) is 26.2 Å². The van der Waals surface area contributed by atoms with Crippen LogP contribution in [0.3, 0.4) is 0 Å². The Hall–Kier alpha value is -1.99. The zero-order valence-corrected chi connectivity index (χ0v) is 13.0. The van der Waals surface area contributed by atoms with E-state index < -0.39 is 22.0 Å². The summed E-state index contributed by atoms with van der Waals surface area (Å²) in [5.41, 5.74) is 0.331. The Bertz CT molecular complexity index is 769. The van der Waals surface area contributed by atoms with Gasteiger partial charge in [0.2, 0.25) is 10.0 Å². The molecule has 118 valence electrons. The Kier molecular flexibility index (Phi) is 5.10. The first-order valence-electron chi connectivity index (χ1n) is 7.04. The molecule has 1 aromatic carbocycles. The minimum absolute atomic E-state index is 0.00616. The number of hydrogen-bond acceptors (Lipinski definition) is 4. The van der Waals surface area contributed by atoms with Crippen LogP contribution in [-0.4, -0.2) is 30.5 Å². The van der Waals surface area contributed by atoms with Gasteiger partial charge in [-0.3, -0.25) is 9.78 Å². The third kappa shape index (κ3) is 3.61. The predicted octanol–water partition coefficient (Wildman–Crippen LogP) is 2.16. The number of aromatic nitrogens is 1. The average Bonchev–Trinajstić information content (AvgIpc) is 2.50. The molecule has 0 saturated carbocycles. The molecule has 0 aliphatic heterocycles. The summed E-state index contributed by atoms with van der Waals surface area (Å²) in [6.07, 6.45) is 3.19. The Morgan fingerprint density at radius 2 is 2.05 bits per heavy atom. The molecule has 0 saturated heterocycles. The first-order valence-corrected chi connectivity index (χ1v) is 8.53. The number of sulfonamides is 1. The zero-order valence-electron chi connectivity index (χ0n) is 12.2. The zero-order chi connectivity index (χ0) is 16.2. The molecular weight excluding hydrogens is 304 g/mol. The molecule has 0 aliphatic rings. The van der Waals surface area contributed by atoms with Crippen LogP contribution in [0.4, 0.5) is 0 Å². The average molecular weight is 322 g/mol. The van der Waals surface area contributed by atoms with Crippen molar-refractivity contribution in [2.75, 3.05) is 0 Å². The third-order valence-corrected chi connectivity index (χ3v) is 4.83. The number of benzene rings is 1. The number of pyridine rings is 1. The van der Waals surface area contributed by atoms with E-state index in [0.29, 0.717) is 17.3 Å². The summed E-state index contributed by atoms with van der Waals surface area (Å²) in [4.78, 5) is 15.3. The lowest BCUT2D eigenvalue weighted by Crippen LogP contribution is -2.40. The van der Waals surface area contributed by atoms with E-state index in [1.165, 1.54) is 12.3 Å². The van der Waals surface area contributed by atoms with E-state index in [4.69, 9.17) is 0 Å². The standard InChI is InChI=1S/C15H18N2O4S/c1-2-3-8-12(15(18)19)17-22(20,21)13-9-4-6-11-7-5-10-16-14(11)13/h4-7,9-10,12,17H,2-3,8H2,1H3,(H,18,19). The van der Waals surface area contributed by atoms with Crippen LogP contribution >= 0.6 is 0 Å². The number of nitrogens with one attached hydrogen (secondary N) is 1.